The number of nitrogens with zero attached hydrogens (tertiary/aromatic N) is 1. The molecule has 0 heterocycles. The van der Waals surface area contributed by atoms with Gasteiger partial charge in [0.2, 0.25) is 5.91 Å². The summed E-state index contributed by atoms with van der Waals surface area (Å²) in [4.78, 5) is 11.1. The zero-order valence-electron chi connectivity index (χ0n) is 9.55. The van der Waals surface area contributed by atoms with Gasteiger partial charge in [0.15, 0.2) is 0 Å². The Hall–Kier alpha value is -1.04. The van der Waals surface area contributed by atoms with Crippen molar-refractivity contribution in [2.75, 3.05) is 6.54 Å². The molecule has 0 aromatic heterocycles. The highest BCUT2D eigenvalue weighted by molar-refractivity contribution is 5.77. The van der Waals surface area contributed by atoms with Crippen LogP contribution in [0.5, 0.6) is 0 Å². The summed E-state index contributed by atoms with van der Waals surface area (Å²) in [5.74, 6) is 0.383. The Kier molecular flexibility index (Phi) is 5.22. The van der Waals surface area contributed by atoms with E-state index in [9.17, 15) is 4.79 Å². The van der Waals surface area contributed by atoms with E-state index in [1.807, 2.05) is 6.07 Å². The van der Waals surface area contributed by atoms with E-state index in [0.717, 1.165) is 6.42 Å². The Balaban J connectivity index is 3.99. The molecule has 0 aliphatic rings. The van der Waals surface area contributed by atoms with Gasteiger partial charge in [0.05, 0.1) is 6.07 Å². The van der Waals surface area contributed by atoms with E-state index in [2.05, 4.69) is 33.0 Å². The molecule has 1 N–H and O–H groups in total. The number of nitriles is 1. The SMILES string of the molecule is CC[C@H](C)C(C)(C)CNC(=O)CC#N. The second-order valence-electron chi connectivity index (χ2n) is 4.41. The average molecular weight is 196 g/mol. The van der Waals surface area contributed by atoms with Crippen molar-refractivity contribution in [3.63, 3.8) is 0 Å². The number of carbonyl (C=O) groups excluding carboxylic acids is 1. The third-order valence-corrected chi connectivity index (χ3v) is 2.93. The third-order valence-electron chi connectivity index (χ3n) is 2.93. The maximum atomic E-state index is 11.1. The molecule has 0 bridgehead atoms. The minimum atomic E-state index is -0.177. The molecule has 3 nitrogen and oxygen atoms in total. The lowest BCUT2D eigenvalue weighted by molar-refractivity contribution is -0.120. The lowest BCUT2D eigenvalue weighted by atomic mass is 9.78. The van der Waals surface area contributed by atoms with Gasteiger partial charge in [0.1, 0.15) is 6.42 Å². The molecule has 0 fully saturated rings. The van der Waals surface area contributed by atoms with Crippen LogP contribution >= 0.6 is 0 Å². The molecule has 0 aliphatic heterocycles. The van der Waals surface area contributed by atoms with E-state index >= 15 is 0 Å². The van der Waals surface area contributed by atoms with Crippen LogP contribution in [-0.4, -0.2) is 12.5 Å². The molecule has 3 heteroatoms. The fraction of sp³-hybridized carbons (Fsp3) is 0.818. The molecular weight excluding hydrogens is 176 g/mol. The third kappa shape index (κ3) is 4.27. The van der Waals surface area contributed by atoms with Crippen molar-refractivity contribution in [3.8, 4) is 6.07 Å². The van der Waals surface area contributed by atoms with Gasteiger partial charge in [-0.1, -0.05) is 34.1 Å². The van der Waals surface area contributed by atoms with E-state index in [0.29, 0.717) is 12.5 Å². The fourth-order valence-corrected chi connectivity index (χ4v) is 1.19. The smallest absolute Gasteiger partial charge is 0.234 e. The van der Waals surface area contributed by atoms with Gasteiger partial charge in [0.25, 0.3) is 0 Å². The van der Waals surface area contributed by atoms with Gasteiger partial charge in [-0.3, -0.25) is 4.79 Å². The van der Waals surface area contributed by atoms with Crippen LogP contribution in [-0.2, 0) is 4.79 Å². The summed E-state index contributed by atoms with van der Waals surface area (Å²) in [5.41, 5.74) is 0.0971. The van der Waals surface area contributed by atoms with Gasteiger partial charge in [-0.25, -0.2) is 0 Å². The van der Waals surface area contributed by atoms with E-state index in [1.165, 1.54) is 0 Å². The Bertz CT molecular complexity index is 228. The molecule has 0 saturated heterocycles. The van der Waals surface area contributed by atoms with E-state index in [4.69, 9.17) is 5.26 Å². The summed E-state index contributed by atoms with van der Waals surface area (Å²) in [6.07, 6.45) is 1.05. The van der Waals surface area contributed by atoms with E-state index in [1.54, 1.807) is 0 Å². The van der Waals surface area contributed by atoms with Gasteiger partial charge in [-0.15, -0.1) is 0 Å². The van der Waals surface area contributed by atoms with Crippen LogP contribution in [0, 0.1) is 22.7 Å². The number of carbonyl (C=O) groups is 1. The van der Waals surface area contributed by atoms with Gasteiger partial charge in [-0.05, 0) is 11.3 Å². The molecule has 0 radical (unpaired) electrons. The van der Waals surface area contributed by atoms with Crippen molar-refractivity contribution >= 4 is 5.91 Å². The number of hydrogen-bond donors (Lipinski definition) is 1. The minimum Gasteiger partial charge on any atom is -0.355 e. The number of amides is 1. The highest BCUT2D eigenvalue weighted by Crippen LogP contribution is 2.27. The monoisotopic (exact) mass is 196 g/mol. The van der Waals surface area contributed by atoms with Crippen molar-refractivity contribution in [3.05, 3.63) is 0 Å². The number of nitrogens with one attached hydrogen (secondary N) is 1. The molecule has 0 aromatic rings. The zero-order chi connectivity index (χ0) is 11.2. The molecule has 0 saturated carbocycles. The van der Waals surface area contributed by atoms with Crippen LogP contribution in [0.25, 0.3) is 0 Å². The summed E-state index contributed by atoms with van der Waals surface area (Å²) in [6, 6.07) is 1.83. The summed E-state index contributed by atoms with van der Waals surface area (Å²) < 4.78 is 0. The Morgan fingerprint density at radius 1 is 1.57 bits per heavy atom. The largest absolute Gasteiger partial charge is 0.355 e. The molecule has 1 atom stereocenters. The zero-order valence-corrected chi connectivity index (χ0v) is 9.55. The van der Waals surface area contributed by atoms with Crippen molar-refractivity contribution < 1.29 is 4.79 Å². The number of hydrogen-bond acceptors (Lipinski definition) is 2. The molecule has 0 spiro atoms. The Morgan fingerprint density at radius 2 is 2.14 bits per heavy atom. The first-order valence-corrected chi connectivity index (χ1v) is 5.07. The average Bonchev–Trinajstić information content (AvgIpc) is 2.14. The summed E-state index contributed by atoms with van der Waals surface area (Å²) in [5, 5.41) is 11.1. The fourth-order valence-electron chi connectivity index (χ4n) is 1.19. The normalized spacial score (nSPS) is 13.1. The van der Waals surface area contributed by atoms with Crippen LogP contribution in [0.15, 0.2) is 0 Å². The second kappa shape index (κ2) is 5.64. The molecule has 0 rings (SSSR count). The molecule has 1 amide bonds. The first-order valence-electron chi connectivity index (χ1n) is 5.07. The van der Waals surface area contributed by atoms with Crippen LogP contribution in [0.4, 0.5) is 0 Å². The molecule has 0 unspecified atom stereocenters. The first kappa shape index (κ1) is 13.0. The Labute approximate surface area is 86.5 Å². The van der Waals surface area contributed by atoms with Crippen molar-refractivity contribution in [1.29, 1.82) is 5.26 Å². The molecular formula is C11H20N2O. The lowest BCUT2D eigenvalue weighted by Crippen LogP contribution is -2.37. The highest BCUT2D eigenvalue weighted by Gasteiger charge is 2.24. The van der Waals surface area contributed by atoms with Crippen LogP contribution in [0.1, 0.15) is 40.5 Å². The minimum absolute atomic E-state index is 0.0451. The van der Waals surface area contributed by atoms with Gasteiger partial charge < -0.3 is 5.32 Å². The van der Waals surface area contributed by atoms with E-state index < -0.39 is 0 Å². The van der Waals surface area contributed by atoms with Crippen LogP contribution < -0.4 is 5.32 Å². The predicted molar refractivity (Wildman–Crippen MR) is 56.5 cm³/mol. The highest BCUT2D eigenvalue weighted by atomic mass is 16.1. The summed E-state index contributed by atoms with van der Waals surface area (Å²) in [7, 11) is 0. The Morgan fingerprint density at radius 3 is 2.57 bits per heavy atom. The standard InChI is InChI=1S/C11H20N2O/c1-5-9(2)11(3,4)8-13-10(14)6-7-12/h9H,5-6,8H2,1-4H3,(H,13,14)/t9-/m0/s1. The van der Waals surface area contributed by atoms with Crippen LogP contribution in [0.2, 0.25) is 0 Å². The lowest BCUT2D eigenvalue weighted by Gasteiger charge is -2.31. The van der Waals surface area contributed by atoms with Gasteiger partial charge in [-0.2, -0.15) is 5.26 Å². The molecule has 0 aliphatic carbocycles. The van der Waals surface area contributed by atoms with Crippen LogP contribution in [0.3, 0.4) is 0 Å². The van der Waals surface area contributed by atoms with Crippen molar-refractivity contribution in [2.45, 2.75) is 40.5 Å². The summed E-state index contributed by atoms with van der Waals surface area (Å²) >= 11 is 0. The molecule has 0 aromatic carbocycles. The van der Waals surface area contributed by atoms with Gasteiger partial charge in [0, 0.05) is 6.54 Å². The number of rotatable bonds is 5. The second-order valence-corrected chi connectivity index (χ2v) is 4.41. The molecule has 14 heavy (non-hydrogen) atoms. The van der Waals surface area contributed by atoms with Crippen molar-refractivity contribution in [2.24, 2.45) is 11.3 Å². The van der Waals surface area contributed by atoms with Crippen molar-refractivity contribution in [1.82, 2.24) is 5.32 Å². The quantitative estimate of drug-likeness (QED) is 0.732. The predicted octanol–water partition coefficient (Wildman–Crippen LogP) is 2.09. The first-order chi connectivity index (χ1) is 6.44. The van der Waals surface area contributed by atoms with Gasteiger partial charge >= 0.3 is 0 Å². The summed E-state index contributed by atoms with van der Waals surface area (Å²) in [6.45, 7) is 9.23. The maximum Gasteiger partial charge on any atom is 0.234 e. The van der Waals surface area contributed by atoms with E-state index in [-0.39, 0.29) is 17.7 Å². The topological polar surface area (TPSA) is 52.9 Å². The molecule has 80 valence electrons. The maximum absolute atomic E-state index is 11.1.